The number of nitrogens with zero attached hydrogens (tertiary/aromatic N) is 1. The number of nitrogens with one attached hydrogen (secondary N) is 1. The number of hydrogen-bond acceptors (Lipinski definition) is 4. The molecular formula is C8H16N2O3. The topological polar surface area (TPSA) is 58.6 Å². The number of cyclic esters (lactones) is 2. The third-order valence-corrected chi connectivity index (χ3v) is 1.94. The summed E-state index contributed by atoms with van der Waals surface area (Å²) in [6.07, 6.45) is -0.499. The first-order valence-corrected chi connectivity index (χ1v) is 3.52. The fourth-order valence-corrected chi connectivity index (χ4v) is 1.35. The standard InChI is InChI=1S/C6H8N2O3.2CH4/c9-5-4-3-7-1-2-8(4)6(10)11-5;;/h4,7H,1-3H2;2*1H4/t4-;;/m1../s1. The van der Waals surface area contributed by atoms with Crippen LogP contribution in [0.25, 0.3) is 0 Å². The molecule has 2 fully saturated rings. The van der Waals surface area contributed by atoms with Gasteiger partial charge in [-0.25, -0.2) is 9.59 Å². The summed E-state index contributed by atoms with van der Waals surface area (Å²) in [5.41, 5.74) is 0. The molecule has 13 heavy (non-hydrogen) atoms. The molecule has 2 rings (SSSR count). The molecule has 0 bridgehead atoms. The van der Waals surface area contributed by atoms with Crippen LogP contribution in [0.1, 0.15) is 14.9 Å². The summed E-state index contributed by atoms with van der Waals surface area (Å²) in [4.78, 5) is 23.2. The minimum absolute atomic E-state index is 0. The Balaban J connectivity index is 0.000000720. The lowest BCUT2D eigenvalue weighted by atomic mass is 10.2. The second-order valence-electron chi connectivity index (χ2n) is 2.60. The van der Waals surface area contributed by atoms with Crippen molar-refractivity contribution in [1.29, 1.82) is 0 Å². The average molecular weight is 188 g/mol. The number of rotatable bonds is 0. The second-order valence-corrected chi connectivity index (χ2v) is 2.60. The molecule has 2 aliphatic rings. The molecule has 1 atom stereocenters. The van der Waals surface area contributed by atoms with Crippen LogP contribution >= 0.6 is 0 Å². The van der Waals surface area contributed by atoms with E-state index < -0.39 is 12.1 Å². The van der Waals surface area contributed by atoms with Gasteiger partial charge in [0.05, 0.1) is 0 Å². The number of piperazine rings is 1. The first-order chi connectivity index (χ1) is 5.29. The maximum atomic E-state index is 10.9. The van der Waals surface area contributed by atoms with Gasteiger partial charge in [-0.3, -0.25) is 4.90 Å². The zero-order valence-electron chi connectivity index (χ0n) is 5.87. The average Bonchev–Trinajstić information content (AvgIpc) is 2.30. The first kappa shape index (κ1) is 11.9. The molecule has 5 heteroatoms. The number of hydrogen-bond donors (Lipinski definition) is 1. The first-order valence-electron chi connectivity index (χ1n) is 3.52. The molecule has 0 aromatic carbocycles. The van der Waals surface area contributed by atoms with Gasteiger partial charge in [0, 0.05) is 19.6 Å². The maximum absolute atomic E-state index is 10.9. The largest absolute Gasteiger partial charge is 0.418 e. The van der Waals surface area contributed by atoms with E-state index in [2.05, 4.69) is 10.1 Å². The van der Waals surface area contributed by atoms with Crippen LogP contribution in [-0.4, -0.2) is 42.6 Å². The normalized spacial score (nSPS) is 25.5. The highest BCUT2D eigenvalue weighted by Gasteiger charge is 2.42. The number of carbonyl (C=O) groups excluding carboxylic acids is 2. The molecule has 76 valence electrons. The van der Waals surface area contributed by atoms with Gasteiger partial charge in [0.15, 0.2) is 0 Å². The lowest BCUT2D eigenvalue weighted by Crippen LogP contribution is -2.51. The lowest BCUT2D eigenvalue weighted by Gasteiger charge is -2.25. The molecule has 0 aromatic rings. The lowest BCUT2D eigenvalue weighted by molar-refractivity contribution is -0.135. The van der Waals surface area contributed by atoms with E-state index in [-0.39, 0.29) is 20.9 Å². The van der Waals surface area contributed by atoms with Crippen LogP contribution in [0.15, 0.2) is 0 Å². The van der Waals surface area contributed by atoms with Crippen LogP contribution in [0.2, 0.25) is 0 Å². The molecule has 2 aliphatic heterocycles. The third-order valence-electron chi connectivity index (χ3n) is 1.94. The van der Waals surface area contributed by atoms with Gasteiger partial charge >= 0.3 is 12.1 Å². The van der Waals surface area contributed by atoms with E-state index >= 15 is 0 Å². The molecule has 0 saturated carbocycles. The molecule has 0 aromatic heterocycles. The second kappa shape index (κ2) is 4.23. The van der Waals surface area contributed by atoms with Gasteiger partial charge in [-0.2, -0.15) is 0 Å². The number of ether oxygens (including phenoxy) is 1. The van der Waals surface area contributed by atoms with Crippen LogP contribution < -0.4 is 5.32 Å². The van der Waals surface area contributed by atoms with Crippen molar-refractivity contribution in [2.75, 3.05) is 19.6 Å². The molecule has 2 saturated heterocycles. The predicted octanol–water partition coefficient (Wildman–Crippen LogP) is 0.209. The Hall–Kier alpha value is -1.10. The molecule has 1 N–H and O–H groups in total. The Morgan fingerprint density at radius 3 is 2.69 bits per heavy atom. The van der Waals surface area contributed by atoms with Crippen molar-refractivity contribution >= 4 is 12.1 Å². The van der Waals surface area contributed by atoms with Gasteiger partial charge in [0.25, 0.3) is 0 Å². The summed E-state index contributed by atoms with van der Waals surface area (Å²) in [5.74, 6) is -0.429. The van der Waals surface area contributed by atoms with Gasteiger partial charge in [-0.1, -0.05) is 14.9 Å². The van der Waals surface area contributed by atoms with Crippen molar-refractivity contribution in [3.05, 3.63) is 0 Å². The van der Waals surface area contributed by atoms with Crippen LogP contribution in [-0.2, 0) is 9.53 Å². The van der Waals surface area contributed by atoms with Crippen molar-refractivity contribution in [1.82, 2.24) is 10.2 Å². The number of amides is 1. The van der Waals surface area contributed by atoms with E-state index in [0.717, 1.165) is 6.54 Å². The maximum Gasteiger partial charge on any atom is 0.418 e. The summed E-state index contributed by atoms with van der Waals surface area (Å²) < 4.78 is 4.42. The monoisotopic (exact) mass is 188 g/mol. The fourth-order valence-electron chi connectivity index (χ4n) is 1.35. The SMILES string of the molecule is C.C.O=C1OC(=O)N2CCNC[C@H]12. The predicted molar refractivity (Wildman–Crippen MR) is 48.3 cm³/mol. The summed E-state index contributed by atoms with van der Waals surface area (Å²) in [7, 11) is 0. The third kappa shape index (κ3) is 1.80. The van der Waals surface area contributed by atoms with Gasteiger partial charge in [-0.05, 0) is 0 Å². The van der Waals surface area contributed by atoms with Crippen molar-refractivity contribution in [2.45, 2.75) is 20.9 Å². The molecular weight excluding hydrogens is 172 g/mol. The minimum Gasteiger partial charge on any atom is -0.375 e. The highest BCUT2D eigenvalue weighted by Crippen LogP contribution is 2.14. The molecule has 0 spiro atoms. The minimum atomic E-state index is -0.499. The van der Waals surface area contributed by atoms with E-state index in [1.165, 1.54) is 4.90 Å². The summed E-state index contributed by atoms with van der Waals surface area (Å²) in [5, 5.41) is 3.01. The molecule has 0 unspecified atom stereocenters. The molecule has 5 nitrogen and oxygen atoms in total. The quantitative estimate of drug-likeness (QED) is 0.436. The van der Waals surface area contributed by atoms with Gasteiger partial charge in [0.1, 0.15) is 6.04 Å². The number of esters is 1. The molecule has 1 amide bonds. The molecule has 0 aliphatic carbocycles. The fraction of sp³-hybridized carbons (Fsp3) is 0.750. The van der Waals surface area contributed by atoms with Crippen molar-refractivity contribution in [3.8, 4) is 0 Å². The van der Waals surface area contributed by atoms with Crippen molar-refractivity contribution in [2.24, 2.45) is 0 Å². The Kier molecular flexibility index (Phi) is 3.87. The van der Waals surface area contributed by atoms with Crippen molar-refractivity contribution < 1.29 is 14.3 Å². The summed E-state index contributed by atoms with van der Waals surface area (Å²) in [6, 6.07) is -0.378. The van der Waals surface area contributed by atoms with E-state index in [9.17, 15) is 9.59 Å². The van der Waals surface area contributed by atoms with E-state index in [4.69, 9.17) is 0 Å². The Bertz CT molecular complexity index is 195. The van der Waals surface area contributed by atoms with Crippen LogP contribution in [0.5, 0.6) is 0 Å². The smallest absolute Gasteiger partial charge is 0.375 e. The van der Waals surface area contributed by atoms with Gasteiger partial charge < -0.3 is 10.1 Å². The zero-order chi connectivity index (χ0) is 7.84. The summed E-state index contributed by atoms with van der Waals surface area (Å²) in [6.45, 7) is 1.82. The van der Waals surface area contributed by atoms with Crippen LogP contribution in [0.3, 0.4) is 0 Å². The van der Waals surface area contributed by atoms with E-state index in [1.807, 2.05) is 0 Å². The summed E-state index contributed by atoms with van der Waals surface area (Å²) >= 11 is 0. The van der Waals surface area contributed by atoms with Crippen LogP contribution in [0, 0.1) is 0 Å². The van der Waals surface area contributed by atoms with Crippen LogP contribution in [0.4, 0.5) is 4.79 Å². The Morgan fingerprint density at radius 1 is 1.38 bits per heavy atom. The highest BCUT2D eigenvalue weighted by molar-refractivity contribution is 5.95. The van der Waals surface area contributed by atoms with Crippen molar-refractivity contribution in [3.63, 3.8) is 0 Å². The van der Waals surface area contributed by atoms with E-state index in [0.29, 0.717) is 13.1 Å². The van der Waals surface area contributed by atoms with Gasteiger partial charge in [0.2, 0.25) is 0 Å². The Morgan fingerprint density at radius 2 is 2.08 bits per heavy atom. The molecule has 2 heterocycles. The highest BCUT2D eigenvalue weighted by atomic mass is 16.6. The van der Waals surface area contributed by atoms with Gasteiger partial charge in [-0.15, -0.1) is 0 Å². The zero-order valence-corrected chi connectivity index (χ0v) is 5.87. The molecule has 0 radical (unpaired) electrons. The van der Waals surface area contributed by atoms with E-state index in [1.54, 1.807) is 0 Å². The number of carbonyl (C=O) groups is 2. The number of fused-ring (bicyclic) bond motifs is 1. The Labute approximate surface area is 78.0 Å².